The zero-order valence-electron chi connectivity index (χ0n) is 8.03. The minimum atomic E-state index is -0.875. The molecule has 1 aliphatic heterocycles. The molecule has 2 aliphatic carbocycles. The van der Waals surface area contributed by atoms with Crippen molar-refractivity contribution in [1.29, 1.82) is 0 Å². The predicted molar refractivity (Wildman–Crippen MR) is 49.5 cm³/mol. The van der Waals surface area contributed by atoms with E-state index in [0.29, 0.717) is 18.8 Å². The van der Waals surface area contributed by atoms with Gasteiger partial charge in [-0.05, 0) is 19.3 Å². The van der Waals surface area contributed by atoms with E-state index in [9.17, 15) is 9.90 Å². The van der Waals surface area contributed by atoms with Crippen molar-refractivity contribution in [2.45, 2.75) is 43.3 Å². The topological polar surface area (TPSA) is 46.5 Å². The Labute approximate surface area is 82.8 Å². The summed E-state index contributed by atoms with van der Waals surface area (Å²) in [5.41, 5.74) is -1.45. The zero-order chi connectivity index (χ0) is 9.81. The number of rotatable bonds is 0. The van der Waals surface area contributed by atoms with E-state index in [-0.39, 0.29) is 12.4 Å². The van der Waals surface area contributed by atoms with E-state index >= 15 is 0 Å². The van der Waals surface area contributed by atoms with Crippen LogP contribution in [0.15, 0.2) is 12.2 Å². The van der Waals surface area contributed by atoms with Crippen molar-refractivity contribution in [3.8, 4) is 0 Å². The third-order valence-electron chi connectivity index (χ3n) is 4.09. The number of carbonyl (C=O) groups excluding carboxylic acids is 1. The van der Waals surface area contributed by atoms with Gasteiger partial charge in [0.15, 0.2) is 0 Å². The Balaban J connectivity index is 2.07. The Kier molecular flexibility index (Phi) is 1.45. The molecule has 2 fully saturated rings. The lowest BCUT2D eigenvalue weighted by atomic mass is 9.74. The van der Waals surface area contributed by atoms with Gasteiger partial charge in [0, 0.05) is 12.3 Å². The molecule has 1 saturated carbocycles. The standard InChI is InChI=1S/C11H14O3/c12-9-7-10(13)6-4-8-3-1-2-5-11(8,10)14-9/h1-2,8,13H,3-7H2/t8-,10+,11-/m1/s1. The maximum Gasteiger partial charge on any atom is 0.309 e. The molecule has 0 aromatic carbocycles. The van der Waals surface area contributed by atoms with Crippen LogP contribution in [-0.4, -0.2) is 22.3 Å². The Morgan fingerprint density at radius 2 is 2.36 bits per heavy atom. The number of carbonyl (C=O) groups is 1. The highest BCUT2D eigenvalue weighted by Crippen LogP contribution is 2.56. The monoisotopic (exact) mass is 194 g/mol. The average molecular weight is 194 g/mol. The summed E-state index contributed by atoms with van der Waals surface area (Å²) >= 11 is 0. The van der Waals surface area contributed by atoms with Crippen molar-refractivity contribution in [2.75, 3.05) is 0 Å². The first-order chi connectivity index (χ1) is 6.66. The summed E-state index contributed by atoms with van der Waals surface area (Å²) in [6.07, 6.45) is 7.69. The van der Waals surface area contributed by atoms with Gasteiger partial charge < -0.3 is 9.84 Å². The summed E-state index contributed by atoms with van der Waals surface area (Å²) in [5.74, 6) is 0.108. The number of hydrogen-bond donors (Lipinski definition) is 1. The number of hydrogen-bond acceptors (Lipinski definition) is 3. The lowest BCUT2D eigenvalue weighted by molar-refractivity contribution is -0.161. The summed E-state index contributed by atoms with van der Waals surface area (Å²) in [5, 5.41) is 10.4. The molecule has 0 radical (unpaired) electrons. The fraction of sp³-hybridized carbons (Fsp3) is 0.727. The van der Waals surface area contributed by atoms with Gasteiger partial charge in [-0.3, -0.25) is 4.79 Å². The quantitative estimate of drug-likeness (QED) is 0.465. The van der Waals surface area contributed by atoms with Crippen LogP contribution < -0.4 is 0 Å². The van der Waals surface area contributed by atoms with Crippen molar-refractivity contribution in [2.24, 2.45) is 5.92 Å². The van der Waals surface area contributed by atoms with Gasteiger partial charge in [-0.15, -0.1) is 0 Å². The Hall–Kier alpha value is -0.830. The second-order valence-corrected chi connectivity index (χ2v) is 4.72. The van der Waals surface area contributed by atoms with Gasteiger partial charge in [0.25, 0.3) is 0 Å². The maximum absolute atomic E-state index is 11.3. The molecule has 1 saturated heterocycles. The third kappa shape index (κ3) is 0.793. The molecule has 3 aliphatic rings. The van der Waals surface area contributed by atoms with E-state index in [1.54, 1.807) is 0 Å². The minimum absolute atomic E-state index is 0.192. The van der Waals surface area contributed by atoms with Crippen molar-refractivity contribution in [1.82, 2.24) is 0 Å². The SMILES string of the molecule is O=C1C[C@@]2(O)CC[C@H]3CC=CC[C@@]32O1. The highest BCUT2D eigenvalue weighted by atomic mass is 16.6. The molecule has 1 N–H and O–H groups in total. The van der Waals surface area contributed by atoms with E-state index in [4.69, 9.17) is 4.74 Å². The summed E-state index contributed by atoms with van der Waals surface area (Å²) in [4.78, 5) is 11.3. The highest BCUT2D eigenvalue weighted by molar-refractivity contribution is 5.75. The number of aliphatic hydroxyl groups is 1. The molecule has 3 rings (SSSR count). The molecule has 0 aromatic rings. The van der Waals surface area contributed by atoms with Gasteiger partial charge in [-0.1, -0.05) is 12.2 Å². The van der Waals surface area contributed by atoms with Crippen LogP contribution in [-0.2, 0) is 9.53 Å². The lowest BCUT2D eigenvalue weighted by Gasteiger charge is -2.39. The Bertz CT molecular complexity index is 322. The molecular weight excluding hydrogens is 180 g/mol. The Morgan fingerprint density at radius 3 is 3.21 bits per heavy atom. The second kappa shape index (κ2) is 2.40. The molecule has 3 atom stereocenters. The lowest BCUT2D eigenvalue weighted by Crippen LogP contribution is -2.50. The van der Waals surface area contributed by atoms with Gasteiger partial charge in [-0.2, -0.15) is 0 Å². The molecule has 0 bridgehead atoms. The summed E-state index contributed by atoms with van der Waals surface area (Å²) in [6.45, 7) is 0. The smallest absolute Gasteiger partial charge is 0.309 e. The molecule has 1 heterocycles. The largest absolute Gasteiger partial charge is 0.455 e. The van der Waals surface area contributed by atoms with E-state index in [1.807, 2.05) is 6.08 Å². The third-order valence-corrected chi connectivity index (χ3v) is 4.09. The van der Waals surface area contributed by atoms with Gasteiger partial charge >= 0.3 is 5.97 Å². The number of ether oxygens (including phenoxy) is 1. The van der Waals surface area contributed by atoms with Crippen molar-refractivity contribution in [3.05, 3.63) is 12.2 Å². The van der Waals surface area contributed by atoms with Crippen LogP contribution in [0.1, 0.15) is 32.1 Å². The van der Waals surface area contributed by atoms with E-state index in [0.717, 1.165) is 12.8 Å². The van der Waals surface area contributed by atoms with Crippen LogP contribution in [0.4, 0.5) is 0 Å². The molecule has 0 amide bonds. The molecule has 76 valence electrons. The van der Waals surface area contributed by atoms with Crippen LogP contribution >= 0.6 is 0 Å². The van der Waals surface area contributed by atoms with Crippen molar-refractivity contribution >= 4 is 5.97 Å². The van der Waals surface area contributed by atoms with Crippen LogP contribution in [0.25, 0.3) is 0 Å². The van der Waals surface area contributed by atoms with Crippen LogP contribution in [0.2, 0.25) is 0 Å². The second-order valence-electron chi connectivity index (χ2n) is 4.72. The highest BCUT2D eigenvalue weighted by Gasteiger charge is 2.66. The molecule has 0 unspecified atom stereocenters. The summed E-state index contributed by atoms with van der Waals surface area (Å²) in [7, 11) is 0. The fourth-order valence-corrected chi connectivity index (χ4v) is 3.36. The first-order valence-corrected chi connectivity index (χ1v) is 5.26. The van der Waals surface area contributed by atoms with Crippen LogP contribution in [0.5, 0.6) is 0 Å². The minimum Gasteiger partial charge on any atom is -0.455 e. The van der Waals surface area contributed by atoms with E-state index < -0.39 is 11.2 Å². The molecule has 3 heteroatoms. The maximum atomic E-state index is 11.3. The molecule has 1 spiro atoms. The molecule has 3 nitrogen and oxygen atoms in total. The van der Waals surface area contributed by atoms with Gasteiger partial charge in [0.1, 0.15) is 11.2 Å². The summed E-state index contributed by atoms with van der Waals surface area (Å²) < 4.78 is 5.44. The zero-order valence-corrected chi connectivity index (χ0v) is 8.03. The van der Waals surface area contributed by atoms with Crippen molar-refractivity contribution in [3.63, 3.8) is 0 Å². The first-order valence-electron chi connectivity index (χ1n) is 5.26. The molecule has 0 aromatic heterocycles. The van der Waals surface area contributed by atoms with Gasteiger partial charge in [0.05, 0.1) is 6.42 Å². The van der Waals surface area contributed by atoms with Gasteiger partial charge in [-0.25, -0.2) is 0 Å². The average Bonchev–Trinajstić information content (AvgIpc) is 2.52. The number of allylic oxidation sites excluding steroid dienone is 1. The van der Waals surface area contributed by atoms with Gasteiger partial charge in [0.2, 0.25) is 0 Å². The first kappa shape index (κ1) is 8.48. The normalized spacial score (nSPS) is 50.1. The predicted octanol–water partition coefficient (Wildman–Crippen LogP) is 1.16. The molecular formula is C11H14O3. The fourth-order valence-electron chi connectivity index (χ4n) is 3.36. The van der Waals surface area contributed by atoms with E-state index in [2.05, 4.69) is 6.08 Å². The van der Waals surface area contributed by atoms with Crippen LogP contribution in [0.3, 0.4) is 0 Å². The van der Waals surface area contributed by atoms with Crippen LogP contribution in [0, 0.1) is 5.92 Å². The van der Waals surface area contributed by atoms with Crippen molar-refractivity contribution < 1.29 is 14.6 Å². The summed E-state index contributed by atoms with van der Waals surface area (Å²) in [6, 6.07) is 0. The van der Waals surface area contributed by atoms with E-state index in [1.165, 1.54) is 0 Å². The Morgan fingerprint density at radius 1 is 1.50 bits per heavy atom. The number of esters is 1. The molecule has 14 heavy (non-hydrogen) atoms.